The highest BCUT2D eigenvalue weighted by Crippen LogP contribution is 2.49. The largest absolute Gasteiger partial charge is 0.481 e. The molecule has 22 heavy (non-hydrogen) atoms. The summed E-state index contributed by atoms with van der Waals surface area (Å²) < 4.78 is 6.02. The van der Waals surface area contributed by atoms with E-state index in [4.69, 9.17) is 24.5 Å². The quantitative estimate of drug-likeness (QED) is 0.298. The van der Waals surface area contributed by atoms with E-state index in [2.05, 4.69) is 4.98 Å². The number of ether oxygens (including phenoxy) is 1. The standard InChI is InChI=1S/C9H12N3O9P/c13-4-5(14)7(21-6(4)8(15)22(18,19)20)12-2-10-1-3(12)11-9(16)17/h1-2,4-7,11,13-14,18-20H/p+1/t4-,5+,6-,7?/m0/s1. The highest BCUT2D eigenvalue weighted by Gasteiger charge is 2.58. The number of carboxylic acid groups (broad SMARTS) is 1. The lowest BCUT2D eigenvalue weighted by molar-refractivity contribution is -0.129. The number of hydrogen-bond donors (Lipinski definition) is 7. The second kappa shape index (κ2) is 5.85. The van der Waals surface area contributed by atoms with Crippen LogP contribution in [0.4, 0.5) is 10.6 Å². The Balaban J connectivity index is 2.26. The van der Waals surface area contributed by atoms with Crippen LogP contribution < -0.4 is 5.32 Å². The van der Waals surface area contributed by atoms with Crippen molar-refractivity contribution in [1.82, 2.24) is 9.55 Å². The van der Waals surface area contributed by atoms with Crippen LogP contribution in [0.1, 0.15) is 6.23 Å². The summed E-state index contributed by atoms with van der Waals surface area (Å²) in [6.07, 6.45) is -6.15. The van der Waals surface area contributed by atoms with Crippen molar-refractivity contribution in [3.8, 4) is 0 Å². The summed E-state index contributed by atoms with van der Waals surface area (Å²) in [7, 11) is -4.93. The first-order valence-electron chi connectivity index (χ1n) is 5.78. The van der Waals surface area contributed by atoms with Gasteiger partial charge in [0.1, 0.15) is 18.0 Å². The molecule has 2 heterocycles. The minimum atomic E-state index is -4.93. The molecule has 0 aliphatic carbocycles. The highest BCUT2D eigenvalue weighted by molar-refractivity contribution is 7.76. The summed E-state index contributed by atoms with van der Waals surface area (Å²) in [5.41, 5.74) is -1.57. The normalized spacial score (nSPS) is 28.6. The average Bonchev–Trinajstić information content (AvgIpc) is 2.94. The maximum absolute atomic E-state index is 11.6. The molecular weight excluding hydrogens is 325 g/mol. The zero-order chi connectivity index (χ0) is 16.7. The molecule has 0 radical (unpaired) electrons. The minimum Gasteiger partial charge on any atom is -0.465 e. The minimum absolute atomic E-state index is 0.116. The third-order valence-corrected chi connectivity index (χ3v) is 3.80. The van der Waals surface area contributed by atoms with Gasteiger partial charge in [0.25, 0.3) is 0 Å². The van der Waals surface area contributed by atoms with E-state index in [0.717, 1.165) is 17.1 Å². The SMILES string of the molecule is O=C(O)Nc1cncn1C1O[C@H](C(=O)[P+](O)(O)O)[C@@H](O)[C@H]1O. The van der Waals surface area contributed by atoms with Crippen molar-refractivity contribution in [3.63, 3.8) is 0 Å². The number of nitrogens with one attached hydrogen (secondary N) is 1. The molecule has 0 bridgehead atoms. The molecule has 0 spiro atoms. The number of rotatable bonds is 4. The lowest BCUT2D eigenvalue weighted by atomic mass is 10.1. The first kappa shape index (κ1) is 16.7. The van der Waals surface area contributed by atoms with Crippen molar-refractivity contribution in [1.29, 1.82) is 0 Å². The molecule has 1 unspecified atom stereocenters. The van der Waals surface area contributed by atoms with Crippen molar-refractivity contribution >= 4 is 25.4 Å². The van der Waals surface area contributed by atoms with Crippen LogP contribution in [0.15, 0.2) is 12.5 Å². The molecule has 4 atom stereocenters. The molecule has 1 aromatic rings. The third kappa shape index (κ3) is 3.08. The Kier molecular flexibility index (Phi) is 4.44. The smallest absolute Gasteiger partial charge is 0.465 e. The second-order valence-electron chi connectivity index (χ2n) is 4.45. The number of anilines is 1. The van der Waals surface area contributed by atoms with Crippen LogP contribution in [0.2, 0.25) is 0 Å². The Morgan fingerprint density at radius 3 is 2.45 bits per heavy atom. The van der Waals surface area contributed by atoms with Gasteiger partial charge in [-0.3, -0.25) is 9.88 Å². The lowest BCUT2D eigenvalue weighted by Crippen LogP contribution is -2.36. The van der Waals surface area contributed by atoms with Gasteiger partial charge in [-0.2, -0.15) is 14.7 Å². The van der Waals surface area contributed by atoms with E-state index < -0.39 is 44.1 Å². The number of nitrogens with zero attached hydrogens (tertiary/aromatic N) is 2. The molecule has 0 aromatic carbocycles. The van der Waals surface area contributed by atoms with E-state index in [9.17, 15) is 19.8 Å². The van der Waals surface area contributed by atoms with Crippen LogP contribution in [0.5, 0.6) is 0 Å². The molecule has 1 aromatic heterocycles. The summed E-state index contributed by atoms with van der Waals surface area (Å²) >= 11 is 0. The second-order valence-corrected chi connectivity index (χ2v) is 6.03. The van der Waals surface area contributed by atoms with Gasteiger partial charge in [-0.05, 0) is 0 Å². The zero-order valence-electron chi connectivity index (χ0n) is 10.7. The number of hydrogen-bond acceptors (Lipinski definition) is 9. The van der Waals surface area contributed by atoms with E-state index in [-0.39, 0.29) is 5.82 Å². The number of imidazole rings is 1. The number of aromatic nitrogens is 2. The Hall–Kier alpha value is -1.66. The van der Waals surface area contributed by atoms with Crippen LogP contribution in [0.25, 0.3) is 0 Å². The Morgan fingerprint density at radius 1 is 1.27 bits per heavy atom. The van der Waals surface area contributed by atoms with E-state index in [1.807, 2.05) is 5.32 Å². The Morgan fingerprint density at radius 2 is 1.91 bits per heavy atom. The molecule has 122 valence electrons. The first-order valence-corrected chi connectivity index (χ1v) is 7.42. The van der Waals surface area contributed by atoms with Gasteiger partial charge in [0.2, 0.25) is 0 Å². The van der Waals surface area contributed by atoms with Gasteiger partial charge >= 0.3 is 19.6 Å². The lowest BCUT2D eigenvalue weighted by Gasteiger charge is -2.18. The van der Waals surface area contributed by atoms with Gasteiger partial charge in [-0.25, -0.2) is 14.6 Å². The number of aliphatic hydroxyl groups excluding tert-OH is 2. The fourth-order valence-electron chi connectivity index (χ4n) is 1.98. The number of amides is 1. The van der Waals surface area contributed by atoms with Gasteiger partial charge in [-0.15, -0.1) is 0 Å². The summed E-state index contributed by atoms with van der Waals surface area (Å²) in [5.74, 6) is -0.116. The molecule has 1 fully saturated rings. The maximum Gasteiger partial charge on any atom is 0.481 e. The van der Waals surface area contributed by atoms with Gasteiger partial charge in [0, 0.05) is 0 Å². The Bertz CT molecular complexity index is 585. The van der Waals surface area contributed by atoms with Crippen LogP contribution in [-0.4, -0.2) is 69.5 Å². The predicted molar refractivity (Wildman–Crippen MR) is 68.4 cm³/mol. The maximum atomic E-state index is 11.6. The van der Waals surface area contributed by atoms with Crippen molar-refractivity contribution in [2.24, 2.45) is 0 Å². The fraction of sp³-hybridized carbons (Fsp3) is 0.444. The Labute approximate surface area is 122 Å². The molecular formula is C9H13N3O9P+. The average molecular weight is 338 g/mol. The third-order valence-electron chi connectivity index (χ3n) is 2.95. The first-order chi connectivity index (χ1) is 10.1. The van der Waals surface area contributed by atoms with Gasteiger partial charge in [-0.1, -0.05) is 0 Å². The monoisotopic (exact) mass is 338 g/mol. The van der Waals surface area contributed by atoms with Crippen LogP contribution in [-0.2, 0) is 9.53 Å². The highest BCUT2D eigenvalue weighted by atomic mass is 31.2. The molecule has 1 saturated heterocycles. The van der Waals surface area contributed by atoms with E-state index in [1.54, 1.807) is 0 Å². The number of aliphatic hydroxyl groups is 2. The number of carbonyl (C=O) groups excluding carboxylic acids is 1. The topological polar surface area (TPSA) is 195 Å². The van der Waals surface area contributed by atoms with E-state index in [0.29, 0.717) is 0 Å². The van der Waals surface area contributed by atoms with Gasteiger partial charge < -0.3 is 20.1 Å². The van der Waals surface area contributed by atoms with E-state index >= 15 is 0 Å². The summed E-state index contributed by atoms with van der Waals surface area (Å²) in [6.45, 7) is 0. The van der Waals surface area contributed by atoms with E-state index in [1.165, 1.54) is 0 Å². The number of carbonyl (C=O) groups is 2. The summed E-state index contributed by atoms with van der Waals surface area (Å²) in [4.78, 5) is 52.6. The van der Waals surface area contributed by atoms with Crippen molar-refractivity contribution < 1.29 is 44.3 Å². The van der Waals surface area contributed by atoms with Crippen LogP contribution in [0.3, 0.4) is 0 Å². The molecule has 1 aliphatic heterocycles. The van der Waals surface area contributed by atoms with Crippen LogP contribution >= 0.6 is 7.94 Å². The van der Waals surface area contributed by atoms with Crippen molar-refractivity contribution in [3.05, 3.63) is 12.5 Å². The molecule has 0 saturated carbocycles. The van der Waals surface area contributed by atoms with Crippen LogP contribution in [0, 0.1) is 0 Å². The fourth-order valence-corrected chi connectivity index (χ4v) is 2.53. The molecule has 7 N–H and O–H groups in total. The molecule has 13 heteroatoms. The summed E-state index contributed by atoms with van der Waals surface area (Å²) in [5, 5.41) is 30.3. The van der Waals surface area contributed by atoms with Crippen molar-refractivity contribution in [2.75, 3.05) is 5.32 Å². The molecule has 1 amide bonds. The predicted octanol–water partition coefficient (Wildman–Crippen LogP) is -2.14. The zero-order valence-corrected chi connectivity index (χ0v) is 11.6. The molecule has 12 nitrogen and oxygen atoms in total. The molecule has 2 rings (SSSR count). The summed E-state index contributed by atoms with van der Waals surface area (Å²) in [6, 6.07) is 0. The van der Waals surface area contributed by atoms with Crippen molar-refractivity contribution in [2.45, 2.75) is 24.5 Å². The molecule has 1 aliphatic rings. The van der Waals surface area contributed by atoms with Gasteiger partial charge in [0.05, 0.1) is 12.5 Å². The van der Waals surface area contributed by atoms with Gasteiger partial charge in [0.15, 0.2) is 12.3 Å².